The van der Waals surface area contributed by atoms with Gasteiger partial charge in [-0.2, -0.15) is 0 Å². The molecular weight excluding hydrogens is 294 g/mol. The number of nitro benzene ring substituents is 1. The number of amides is 1. The van der Waals surface area contributed by atoms with Gasteiger partial charge in [0.25, 0.3) is 11.6 Å². The van der Waals surface area contributed by atoms with Crippen LogP contribution in [-0.2, 0) is 0 Å². The number of nitrogens with one attached hydrogen (secondary N) is 1. The predicted molar refractivity (Wildman–Crippen MR) is 77.3 cm³/mol. The van der Waals surface area contributed by atoms with Crippen molar-refractivity contribution in [2.24, 2.45) is 0 Å². The molecule has 7 nitrogen and oxygen atoms in total. The fraction of sp³-hybridized carbons (Fsp3) is 0. The number of carbonyl (C=O) groups is 1. The van der Waals surface area contributed by atoms with Gasteiger partial charge in [-0.15, -0.1) is 0 Å². The number of non-ortho nitro benzene ring substituents is 1. The summed E-state index contributed by atoms with van der Waals surface area (Å²) in [6.07, 6.45) is 0. The minimum Gasteiger partial charge on any atom is -0.423 e. The quantitative estimate of drug-likeness (QED) is 0.436. The average molecular weight is 304 g/mol. The Balaban J connectivity index is 2.26. The molecule has 2 aromatic carbocycles. The van der Waals surface area contributed by atoms with Crippen molar-refractivity contribution in [1.29, 1.82) is 0 Å². The number of nitro groups is 1. The summed E-state index contributed by atoms with van der Waals surface area (Å²) in [5.41, 5.74) is -0.364. The fourth-order valence-electron chi connectivity index (χ4n) is 1.79. The molecule has 0 heterocycles. The first-order valence-electron chi connectivity index (χ1n) is 6.09. The van der Waals surface area contributed by atoms with Gasteiger partial charge in [0.05, 0.1) is 4.92 Å². The van der Waals surface area contributed by atoms with E-state index in [2.05, 4.69) is 5.32 Å². The molecule has 0 aromatic heterocycles. The van der Waals surface area contributed by atoms with E-state index in [1.165, 1.54) is 18.2 Å². The van der Waals surface area contributed by atoms with Crippen LogP contribution < -0.4 is 10.8 Å². The Kier molecular flexibility index (Phi) is 4.49. The number of hydrogen-bond donors (Lipinski definition) is 3. The van der Waals surface area contributed by atoms with Crippen molar-refractivity contribution in [2.75, 3.05) is 5.32 Å². The van der Waals surface area contributed by atoms with Crippen LogP contribution in [0.1, 0.15) is 10.4 Å². The summed E-state index contributed by atoms with van der Waals surface area (Å²) in [5, 5.41) is 31.1. The Hall–Kier alpha value is -2.78. The minimum absolute atomic E-state index is 0.144. The fourth-order valence-corrected chi connectivity index (χ4v) is 1.79. The van der Waals surface area contributed by atoms with E-state index in [0.29, 0.717) is 0 Å². The van der Waals surface area contributed by atoms with Gasteiger partial charge in [-0.1, -0.05) is 6.07 Å². The third-order valence-corrected chi connectivity index (χ3v) is 2.80. The van der Waals surface area contributed by atoms with Crippen molar-refractivity contribution in [3.63, 3.8) is 0 Å². The van der Waals surface area contributed by atoms with Crippen LogP contribution in [0.2, 0.25) is 0 Å². The monoisotopic (exact) mass is 304 g/mol. The van der Waals surface area contributed by atoms with E-state index in [1.807, 2.05) is 0 Å². The summed E-state index contributed by atoms with van der Waals surface area (Å²) >= 11 is 0. The van der Waals surface area contributed by atoms with Crippen molar-refractivity contribution in [3.8, 4) is 0 Å². The standard InChI is InChI=1S/C13H10BFN2O5/c15-10-5-8(4-9(6-10)14(19)20)13(18)16-11-2-1-3-12(7-11)17(21)22/h1-7,19-20H,(H,16,18). The van der Waals surface area contributed by atoms with E-state index < -0.39 is 23.8 Å². The minimum atomic E-state index is -1.92. The molecule has 0 saturated heterocycles. The Morgan fingerprint density at radius 3 is 2.59 bits per heavy atom. The van der Waals surface area contributed by atoms with Crippen LogP contribution in [0.3, 0.4) is 0 Å². The first-order valence-corrected chi connectivity index (χ1v) is 6.09. The molecule has 0 fully saturated rings. The third-order valence-electron chi connectivity index (χ3n) is 2.80. The number of benzene rings is 2. The van der Waals surface area contributed by atoms with Crippen LogP contribution in [0.4, 0.5) is 15.8 Å². The molecule has 0 aliphatic heterocycles. The highest BCUT2D eigenvalue weighted by atomic mass is 19.1. The van der Waals surface area contributed by atoms with Crippen molar-refractivity contribution in [2.45, 2.75) is 0 Å². The van der Waals surface area contributed by atoms with E-state index in [0.717, 1.165) is 24.3 Å². The lowest BCUT2D eigenvalue weighted by Gasteiger charge is -2.07. The number of halogens is 1. The van der Waals surface area contributed by atoms with E-state index >= 15 is 0 Å². The van der Waals surface area contributed by atoms with Gasteiger partial charge >= 0.3 is 7.12 Å². The van der Waals surface area contributed by atoms with E-state index in [9.17, 15) is 19.3 Å². The largest absolute Gasteiger partial charge is 0.488 e. The van der Waals surface area contributed by atoms with Gasteiger partial charge in [-0.05, 0) is 29.7 Å². The molecule has 0 aliphatic carbocycles. The summed E-state index contributed by atoms with van der Waals surface area (Å²) in [7, 11) is -1.92. The van der Waals surface area contributed by atoms with Crippen LogP contribution in [0.25, 0.3) is 0 Å². The highest BCUT2D eigenvalue weighted by Crippen LogP contribution is 2.17. The lowest BCUT2D eigenvalue weighted by molar-refractivity contribution is -0.384. The van der Waals surface area contributed by atoms with Crippen LogP contribution in [0.15, 0.2) is 42.5 Å². The van der Waals surface area contributed by atoms with Gasteiger partial charge in [0, 0.05) is 23.4 Å². The molecule has 2 rings (SSSR count). The molecule has 112 valence electrons. The maximum Gasteiger partial charge on any atom is 0.488 e. The normalized spacial score (nSPS) is 10.1. The van der Waals surface area contributed by atoms with Gasteiger partial charge < -0.3 is 15.4 Å². The van der Waals surface area contributed by atoms with Crippen LogP contribution in [0.5, 0.6) is 0 Å². The predicted octanol–water partition coefficient (Wildman–Crippen LogP) is 0.666. The van der Waals surface area contributed by atoms with E-state index in [1.54, 1.807) is 0 Å². The summed E-state index contributed by atoms with van der Waals surface area (Å²) < 4.78 is 13.4. The number of nitrogens with zero attached hydrogens (tertiary/aromatic N) is 1. The second-order valence-corrected chi connectivity index (χ2v) is 4.41. The van der Waals surface area contributed by atoms with Crippen molar-refractivity contribution < 1.29 is 24.2 Å². The van der Waals surface area contributed by atoms with Crippen molar-refractivity contribution in [1.82, 2.24) is 0 Å². The number of hydrogen-bond acceptors (Lipinski definition) is 5. The summed E-state index contributed by atoms with van der Waals surface area (Å²) in [6, 6.07) is 8.15. The smallest absolute Gasteiger partial charge is 0.423 e. The molecule has 0 saturated carbocycles. The maximum atomic E-state index is 13.4. The third kappa shape index (κ3) is 3.65. The van der Waals surface area contributed by atoms with Crippen LogP contribution in [-0.4, -0.2) is 28.0 Å². The SMILES string of the molecule is O=C(Nc1cccc([N+](=O)[O-])c1)c1cc(F)cc(B(O)O)c1. The van der Waals surface area contributed by atoms with Gasteiger partial charge in [0.1, 0.15) is 5.82 Å². The van der Waals surface area contributed by atoms with E-state index in [-0.39, 0.29) is 22.4 Å². The Morgan fingerprint density at radius 2 is 1.95 bits per heavy atom. The molecular formula is C13H10BFN2O5. The van der Waals surface area contributed by atoms with Crippen molar-refractivity contribution >= 4 is 29.9 Å². The maximum absolute atomic E-state index is 13.4. The molecule has 2 aromatic rings. The van der Waals surface area contributed by atoms with Gasteiger partial charge in [0.15, 0.2) is 0 Å². The first-order chi connectivity index (χ1) is 10.4. The van der Waals surface area contributed by atoms with Gasteiger partial charge in [-0.25, -0.2) is 4.39 Å². The lowest BCUT2D eigenvalue weighted by Crippen LogP contribution is -2.31. The first kappa shape index (κ1) is 15.6. The Labute approximate surface area is 124 Å². The Morgan fingerprint density at radius 1 is 1.23 bits per heavy atom. The van der Waals surface area contributed by atoms with Gasteiger partial charge in [-0.3, -0.25) is 14.9 Å². The molecule has 0 spiro atoms. The number of rotatable bonds is 4. The summed E-state index contributed by atoms with van der Waals surface area (Å²) in [4.78, 5) is 22.1. The van der Waals surface area contributed by atoms with Crippen LogP contribution in [0, 0.1) is 15.9 Å². The van der Waals surface area contributed by atoms with E-state index in [4.69, 9.17) is 10.0 Å². The van der Waals surface area contributed by atoms with Crippen molar-refractivity contribution in [3.05, 3.63) is 64.0 Å². The van der Waals surface area contributed by atoms with Crippen LogP contribution >= 0.6 is 0 Å². The zero-order valence-corrected chi connectivity index (χ0v) is 11.1. The molecule has 0 radical (unpaired) electrons. The zero-order valence-electron chi connectivity index (χ0n) is 11.1. The summed E-state index contributed by atoms with van der Waals surface area (Å²) in [6.45, 7) is 0. The molecule has 9 heteroatoms. The molecule has 3 N–H and O–H groups in total. The van der Waals surface area contributed by atoms with Gasteiger partial charge in [0.2, 0.25) is 0 Å². The second-order valence-electron chi connectivity index (χ2n) is 4.41. The number of carbonyl (C=O) groups excluding carboxylic acids is 1. The highest BCUT2D eigenvalue weighted by Gasteiger charge is 2.17. The second kappa shape index (κ2) is 6.33. The Bertz CT molecular complexity index is 738. The molecule has 0 atom stereocenters. The average Bonchev–Trinajstić information content (AvgIpc) is 2.46. The lowest BCUT2D eigenvalue weighted by atomic mass is 9.79. The highest BCUT2D eigenvalue weighted by molar-refractivity contribution is 6.58. The topological polar surface area (TPSA) is 113 Å². The summed E-state index contributed by atoms with van der Waals surface area (Å²) in [5.74, 6) is -1.54. The molecule has 0 unspecified atom stereocenters. The molecule has 0 aliphatic rings. The molecule has 0 bridgehead atoms. The number of anilines is 1. The zero-order chi connectivity index (χ0) is 16.3. The molecule has 1 amide bonds. The molecule has 22 heavy (non-hydrogen) atoms.